The monoisotopic (exact) mass is 395 g/mol. The Morgan fingerprint density at radius 1 is 1.43 bits per heavy atom. The van der Waals surface area contributed by atoms with E-state index in [0.29, 0.717) is 27.8 Å². The Balaban J connectivity index is 1.85. The van der Waals surface area contributed by atoms with Gasteiger partial charge in [0.15, 0.2) is 0 Å². The van der Waals surface area contributed by atoms with Crippen molar-refractivity contribution in [2.24, 2.45) is 0 Å². The van der Waals surface area contributed by atoms with E-state index in [-0.39, 0.29) is 0 Å². The van der Waals surface area contributed by atoms with Crippen molar-refractivity contribution in [3.8, 4) is 0 Å². The summed E-state index contributed by atoms with van der Waals surface area (Å²) in [4.78, 5) is 0. The Hall–Kier alpha value is -0.340. The number of benzene rings is 1. The van der Waals surface area contributed by atoms with Crippen LogP contribution >= 0.6 is 27.5 Å². The van der Waals surface area contributed by atoms with Gasteiger partial charge in [-0.3, -0.25) is 4.72 Å². The number of hydrogen-bond donors (Lipinski definition) is 2. The van der Waals surface area contributed by atoms with Crippen LogP contribution in [-0.2, 0) is 10.2 Å². The molecule has 1 aromatic carbocycles. The van der Waals surface area contributed by atoms with Crippen molar-refractivity contribution in [1.82, 2.24) is 9.62 Å². The van der Waals surface area contributed by atoms with Gasteiger partial charge in [0, 0.05) is 24.1 Å². The highest BCUT2D eigenvalue weighted by molar-refractivity contribution is 9.10. The van der Waals surface area contributed by atoms with Crippen molar-refractivity contribution >= 4 is 43.4 Å². The molecule has 1 fully saturated rings. The van der Waals surface area contributed by atoms with Crippen LogP contribution in [0.3, 0.4) is 0 Å². The van der Waals surface area contributed by atoms with Crippen LogP contribution in [0.4, 0.5) is 5.69 Å². The molecule has 0 bridgehead atoms. The lowest BCUT2D eigenvalue weighted by atomic mass is 10.3. The summed E-state index contributed by atoms with van der Waals surface area (Å²) in [7, 11) is -1.96. The van der Waals surface area contributed by atoms with E-state index in [9.17, 15) is 8.42 Å². The molecule has 2 rings (SSSR count). The minimum Gasteiger partial charge on any atom is -0.314 e. The molecule has 21 heavy (non-hydrogen) atoms. The fourth-order valence-electron chi connectivity index (χ4n) is 1.80. The van der Waals surface area contributed by atoms with Gasteiger partial charge >= 0.3 is 10.2 Å². The normalized spacial score (nSPS) is 15.4. The molecule has 0 atom stereocenters. The molecule has 118 valence electrons. The highest BCUT2D eigenvalue weighted by atomic mass is 79.9. The number of nitrogens with one attached hydrogen (secondary N) is 2. The van der Waals surface area contributed by atoms with Gasteiger partial charge in [0.05, 0.1) is 10.7 Å². The first kappa shape index (κ1) is 17.0. The molecule has 1 saturated carbocycles. The van der Waals surface area contributed by atoms with E-state index in [4.69, 9.17) is 11.6 Å². The lowest BCUT2D eigenvalue weighted by molar-refractivity contribution is 0.458. The van der Waals surface area contributed by atoms with Crippen LogP contribution in [-0.4, -0.2) is 38.9 Å². The SMILES string of the molecule is CN(CCCNC1CC1)S(=O)(=O)Nc1ccc(Cl)c(Br)c1. The molecule has 0 amide bonds. The van der Waals surface area contributed by atoms with Gasteiger partial charge in [0.2, 0.25) is 0 Å². The van der Waals surface area contributed by atoms with Crippen LogP contribution in [0.15, 0.2) is 22.7 Å². The standard InChI is InChI=1S/C13H19BrClN3O2S/c1-18(8-2-7-16-10-3-4-10)21(19,20)17-11-5-6-13(15)12(14)9-11/h5-6,9-10,16-17H,2-4,7-8H2,1H3. The predicted octanol–water partition coefficient (Wildman–Crippen LogP) is 2.83. The molecule has 2 N–H and O–H groups in total. The van der Waals surface area contributed by atoms with Crippen LogP contribution in [0.25, 0.3) is 0 Å². The maximum atomic E-state index is 12.2. The highest BCUT2D eigenvalue weighted by Crippen LogP contribution is 2.26. The zero-order valence-corrected chi connectivity index (χ0v) is 14.9. The summed E-state index contributed by atoms with van der Waals surface area (Å²) in [5.41, 5.74) is 0.481. The van der Waals surface area contributed by atoms with E-state index in [0.717, 1.165) is 13.0 Å². The average Bonchev–Trinajstić information content (AvgIpc) is 3.22. The fourth-order valence-corrected chi connectivity index (χ4v) is 3.25. The summed E-state index contributed by atoms with van der Waals surface area (Å²) in [5.74, 6) is 0. The molecular formula is C13H19BrClN3O2S. The minimum atomic E-state index is -3.54. The van der Waals surface area contributed by atoms with E-state index in [1.165, 1.54) is 17.1 Å². The van der Waals surface area contributed by atoms with E-state index in [1.54, 1.807) is 25.2 Å². The number of rotatable bonds is 8. The summed E-state index contributed by atoms with van der Waals surface area (Å²) in [5, 5.41) is 3.90. The quantitative estimate of drug-likeness (QED) is 0.664. The molecule has 5 nitrogen and oxygen atoms in total. The van der Waals surface area contributed by atoms with Crippen LogP contribution in [0.1, 0.15) is 19.3 Å². The Morgan fingerprint density at radius 2 is 2.14 bits per heavy atom. The maximum absolute atomic E-state index is 12.2. The van der Waals surface area contributed by atoms with Crippen LogP contribution < -0.4 is 10.0 Å². The molecule has 0 radical (unpaired) electrons. The summed E-state index contributed by atoms with van der Waals surface area (Å²) in [6, 6.07) is 5.56. The third-order valence-corrected chi connectivity index (χ3v) is 5.95. The highest BCUT2D eigenvalue weighted by Gasteiger charge is 2.21. The third-order valence-electron chi connectivity index (χ3n) is 3.24. The Kier molecular flexibility index (Phi) is 5.90. The second-order valence-electron chi connectivity index (χ2n) is 5.14. The van der Waals surface area contributed by atoms with Crippen LogP contribution in [0, 0.1) is 0 Å². The lowest BCUT2D eigenvalue weighted by Crippen LogP contribution is -2.34. The average molecular weight is 397 g/mol. The van der Waals surface area contributed by atoms with E-state index >= 15 is 0 Å². The van der Waals surface area contributed by atoms with Gasteiger partial charge in [-0.05, 0) is 59.9 Å². The minimum absolute atomic E-state index is 0.476. The van der Waals surface area contributed by atoms with Gasteiger partial charge in [0.1, 0.15) is 0 Å². The fraction of sp³-hybridized carbons (Fsp3) is 0.538. The molecular weight excluding hydrogens is 378 g/mol. The van der Waals surface area contributed by atoms with E-state index < -0.39 is 10.2 Å². The van der Waals surface area contributed by atoms with Gasteiger partial charge in [-0.2, -0.15) is 12.7 Å². The number of hydrogen-bond acceptors (Lipinski definition) is 3. The molecule has 1 aliphatic rings. The van der Waals surface area contributed by atoms with Crippen molar-refractivity contribution in [2.75, 3.05) is 24.9 Å². The summed E-state index contributed by atoms with van der Waals surface area (Å²) >= 11 is 9.16. The van der Waals surface area contributed by atoms with E-state index in [2.05, 4.69) is 26.0 Å². The first-order valence-corrected chi connectivity index (χ1v) is 9.42. The topological polar surface area (TPSA) is 61.4 Å². The Morgan fingerprint density at radius 3 is 2.76 bits per heavy atom. The molecule has 0 unspecified atom stereocenters. The molecule has 0 aliphatic heterocycles. The maximum Gasteiger partial charge on any atom is 0.301 e. The molecule has 0 saturated heterocycles. The number of anilines is 1. The van der Waals surface area contributed by atoms with Crippen molar-refractivity contribution in [3.63, 3.8) is 0 Å². The predicted molar refractivity (Wildman–Crippen MR) is 90.0 cm³/mol. The third kappa shape index (κ3) is 5.41. The zero-order valence-electron chi connectivity index (χ0n) is 11.8. The number of nitrogens with zero attached hydrogens (tertiary/aromatic N) is 1. The lowest BCUT2D eigenvalue weighted by Gasteiger charge is -2.18. The molecule has 1 aliphatic carbocycles. The Labute approximate surface area is 139 Å². The Bertz CT molecular complexity index is 593. The van der Waals surface area contributed by atoms with Gasteiger partial charge in [-0.15, -0.1) is 0 Å². The second-order valence-corrected chi connectivity index (χ2v) is 8.18. The molecule has 0 aromatic heterocycles. The van der Waals surface area contributed by atoms with Gasteiger partial charge in [-0.1, -0.05) is 11.6 Å². The molecule has 0 heterocycles. The van der Waals surface area contributed by atoms with Gasteiger partial charge in [-0.25, -0.2) is 0 Å². The zero-order chi connectivity index (χ0) is 15.5. The van der Waals surface area contributed by atoms with Crippen molar-refractivity contribution < 1.29 is 8.42 Å². The summed E-state index contributed by atoms with van der Waals surface area (Å²) in [6.07, 6.45) is 3.26. The first-order chi connectivity index (χ1) is 9.88. The summed E-state index contributed by atoms with van der Waals surface area (Å²) < 4.78 is 28.9. The van der Waals surface area contributed by atoms with E-state index in [1.807, 2.05) is 0 Å². The summed E-state index contributed by atoms with van der Waals surface area (Å²) in [6.45, 7) is 1.32. The first-order valence-electron chi connectivity index (χ1n) is 6.81. The second kappa shape index (κ2) is 7.28. The van der Waals surface area contributed by atoms with Crippen LogP contribution in [0.5, 0.6) is 0 Å². The van der Waals surface area contributed by atoms with Crippen molar-refractivity contribution in [2.45, 2.75) is 25.3 Å². The molecule has 0 spiro atoms. The smallest absolute Gasteiger partial charge is 0.301 e. The molecule has 8 heteroatoms. The molecule has 1 aromatic rings. The van der Waals surface area contributed by atoms with Crippen molar-refractivity contribution in [1.29, 1.82) is 0 Å². The van der Waals surface area contributed by atoms with Gasteiger partial charge in [0.25, 0.3) is 0 Å². The van der Waals surface area contributed by atoms with Crippen LogP contribution in [0.2, 0.25) is 5.02 Å². The van der Waals surface area contributed by atoms with Crippen molar-refractivity contribution in [3.05, 3.63) is 27.7 Å². The van der Waals surface area contributed by atoms with Gasteiger partial charge < -0.3 is 5.32 Å². The number of halogens is 2. The largest absolute Gasteiger partial charge is 0.314 e.